The van der Waals surface area contributed by atoms with Gasteiger partial charge in [-0.2, -0.15) is 5.10 Å². The van der Waals surface area contributed by atoms with Crippen LogP contribution in [-0.4, -0.2) is 9.78 Å². The van der Waals surface area contributed by atoms with Gasteiger partial charge in [0.25, 0.3) is 0 Å². The van der Waals surface area contributed by atoms with Gasteiger partial charge in [0.2, 0.25) is 5.69 Å². The first-order valence-corrected chi connectivity index (χ1v) is 6.07. The van der Waals surface area contributed by atoms with E-state index in [0.29, 0.717) is 11.7 Å². The molecule has 3 nitrogen and oxygen atoms in total. The molecule has 2 aromatic heterocycles. The Morgan fingerprint density at radius 2 is 2.36 bits per heavy atom. The number of halogens is 1. The molecule has 0 amide bonds. The summed E-state index contributed by atoms with van der Waals surface area (Å²) in [5.74, 6) is 0. The molecule has 0 fully saturated rings. The predicted octanol–water partition coefficient (Wildman–Crippen LogP) is 3.83. The molecule has 0 aliphatic rings. The molecule has 0 bridgehead atoms. The van der Waals surface area contributed by atoms with Gasteiger partial charge in [-0.1, -0.05) is 0 Å². The van der Waals surface area contributed by atoms with Crippen LogP contribution in [0, 0.1) is 9.46 Å². The molecule has 0 radical (unpaired) electrons. The third-order valence-electron chi connectivity index (χ3n) is 1.95. The molecule has 72 valence electrons. The monoisotopic (exact) mass is 317 g/mol. The minimum atomic E-state index is 0.353. The molecule has 0 saturated heterocycles. The van der Waals surface area contributed by atoms with Crippen molar-refractivity contribution in [3.8, 4) is 0 Å². The number of hydrogen-bond acceptors (Lipinski definition) is 2. The predicted molar refractivity (Wildman–Crippen MR) is 67.0 cm³/mol. The highest BCUT2D eigenvalue weighted by atomic mass is 127. The lowest BCUT2D eigenvalue weighted by atomic mass is 10.4. The molecule has 5 heteroatoms. The van der Waals surface area contributed by atoms with Crippen molar-refractivity contribution in [3.05, 3.63) is 20.5 Å². The van der Waals surface area contributed by atoms with E-state index in [2.05, 4.69) is 46.4 Å². The fraction of sp³-hybridized carbons (Fsp3) is 0.333. The lowest BCUT2D eigenvalue weighted by Gasteiger charge is -2.02. The van der Waals surface area contributed by atoms with Crippen LogP contribution in [0.25, 0.3) is 15.1 Å². The summed E-state index contributed by atoms with van der Waals surface area (Å²) >= 11 is 3.83. The molecule has 0 unspecified atom stereocenters. The highest BCUT2D eigenvalue weighted by Gasteiger charge is 2.14. The fourth-order valence-corrected chi connectivity index (χ4v) is 3.13. The first kappa shape index (κ1) is 9.93. The van der Waals surface area contributed by atoms with E-state index in [-0.39, 0.29) is 0 Å². The van der Waals surface area contributed by atoms with Gasteiger partial charge in [0.1, 0.15) is 5.52 Å². The van der Waals surface area contributed by atoms with Gasteiger partial charge < -0.3 is 0 Å². The summed E-state index contributed by atoms with van der Waals surface area (Å²) in [5, 5.41) is 4.41. The van der Waals surface area contributed by atoms with Crippen LogP contribution in [0.1, 0.15) is 19.9 Å². The number of thiophene rings is 1. The average molecular weight is 317 g/mol. The highest BCUT2D eigenvalue weighted by molar-refractivity contribution is 14.1. The van der Waals surface area contributed by atoms with Gasteiger partial charge in [0, 0.05) is 12.2 Å². The smallest absolute Gasteiger partial charge is 0.238 e. The molecular weight excluding hydrogens is 309 g/mol. The first-order valence-electron chi connectivity index (χ1n) is 4.18. The summed E-state index contributed by atoms with van der Waals surface area (Å²) in [5.41, 5.74) is 1.55. The number of fused-ring (bicyclic) bond motifs is 1. The minimum Gasteiger partial charge on any atom is -0.269 e. The third-order valence-corrected chi connectivity index (χ3v) is 4.01. The maximum absolute atomic E-state index is 7.08. The molecule has 0 atom stereocenters. The van der Waals surface area contributed by atoms with Crippen LogP contribution < -0.4 is 0 Å². The standard InChI is InChI=1S/C9H8IN3S/c1-5(2)13-4-6-7(12-13)8(11-3)9(10)14-6/h4-5H,1-2H3. The van der Waals surface area contributed by atoms with E-state index < -0.39 is 0 Å². The zero-order valence-corrected chi connectivity index (χ0v) is 10.8. The second-order valence-corrected chi connectivity index (χ2v) is 6.11. The highest BCUT2D eigenvalue weighted by Crippen LogP contribution is 2.38. The molecule has 0 aromatic carbocycles. The van der Waals surface area contributed by atoms with Gasteiger partial charge in [-0.3, -0.25) is 4.68 Å². The minimum absolute atomic E-state index is 0.353. The Hall–Kier alpha value is -0.610. The van der Waals surface area contributed by atoms with Crippen LogP contribution in [0.3, 0.4) is 0 Å². The summed E-state index contributed by atoms with van der Waals surface area (Å²) in [7, 11) is 0. The lowest BCUT2D eigenvalue weighted by Crippen LogP contribution is -2.00. The van der Waals surface area contributed by atoms with Crippen molar-refractivity contribution in [2.24, 2.45) is 0 Å². The zero-order chi connectivity index (χ0) is 10.3. The molecule has 0 aliphatic carbocycles. The van der Waals surface area contributed by atoms with Crippen molar-refractivity contribution < 1.29 is 0 Å². The second-order valence-electron chi connectivity index (χ2n) is 3.25. The van der Waals surface area contributed by atoms with Crippen LogP contribution in [-0.2, 0) is 0 Å². The van der Waals surface area contributed by atoms with E-state index in [4.69, 9.17) is 6.57 Å². The van der Waals surface area contributed by atoms with Gasteiger partial charge in [0.15, 0.2) is 0 Å². The van der Waals surface area contributed by atoms with E-state index in [1.807, 2.05) is 10.9 Å². The Labute approximate surface area is 99.7 Å². The normalized spacial score (nSPS) is 11.1. The van der Waals surface area contributed by atoms with Crippen molar-refractivity contribution in [2.75, 3.05) is 0 Å². The van der Waals surface area contributed by atoms with Gasteiger partial charge >= 0.3 is 0 Å². The van der Waals surface area contributed by atoms with E-state index in [1.165, 1.54) is 0 Å². The molecule has 2 rings (SSSR count). The number of rotatable bonds is 1. The van der Waals surface area contributed by atoms with Gasteiger partial charge in [-0.25, -0.2) is 4.85 Å². The van der Waals surface area contributed by atoms with E-state index in [9.17, 15) is 0 Å². The molecule has 0 N–H and O–H groups in total. The number of aromatic nitrogens is 2. The van der Waals surface area contributed by atoms with E-state index in [1.54, 1.807) is 11.3 Å². The van der Waals surface area contributed by atoms with Crippen molar-refractivity contribution in [3.63, 3.8) is 0 Å². The Morgan fingerprint density at radius 1 is 1.64 bits per heavy atom. The van der Waals surface area contributed by atoms with Crippen molar-refractivity contribution in [1.29, 1.82) is 0 Å². The molecule has 0 aliphatic heterocycles. The van der Waals surface area contributed by atoms with Gasteiger partial charge in [-0.15, -0.1) is 11.3 Å². The summed E-state index contributed by atoms with van der Waals surface area (Å²) in [6, 6.07) is 0.353. The quantitative estimate of drug-likeness (QED) is 0.579. The van der Waals surface area contributed by atoms with E-state index >= 15 is 0 Å². The summed E-state index contributed by atoms with van der Waals surface area (Å²) in [4.78, 5) is 3.51. The fourth-order valence-electron chi connectivity index (χ4n) is 1.21. The molecule has 2 heterocycles. The third kappa shape index (κ3) is 1.42. The Bertz CT molecular complexity index is 518. The molecule has 0 saturated carbocycles. The SMILES string of the molecule is [C-]#[N+]c1c(I)sc2cn(C(C)C)nc12. The van der Waals surface area contributed by atoms with Crippen LogP contribution in [0.5, 0.6) is 0 Å². The molecular formula is C9H8IN3S. The Kier molecular flexibility index (Phi) is 2.49. The number of nitrogens with zero attached hydrogens (tertiary/aromatic N) is 3. The number of hydrogen-bond donors (Lipinski definition) is 0. The maximum Gasteiger partial charge on any atom is 0.238 e. The van der Waals surface area contributed by atoms with Crippen molar-refractivity contribution in [1.82, 2.24) is 9.78 Å². The van der Waals surface area contributed by atoms with Crippen molar-refractivity contribution in [2.45, 2.75) is 19.9 Å². The summed E-state index contributed by atoms with van der Waals surface area (Å²) < 4.78 is 4.05. The molecule has 0 spiro atoms. The molecule has 2 aromatic rings. The maximum atomic E-state index is 7.08. The largest absolute Gasteiger partial charge is 0.269 e. The van der Waals surface area contributed by atoms with Crippen LogP contribution >= 0.6 is 33.9 Å². The average Bonchev–Trinajstić information content (AvgIpc) is 2.60. The Balaban J connectivity index is 2.70. The lowest BCUT2D eigenvalue weighted by molar-refractivity contribution is 0.538. The van der Waals surface area contributed by atoms with Crippen LogP contribution in [0.4, 0.5) is 5.69 Å². The second kappa shape index (κ2) is 3.51. The summed E-state index contributed by atoms with van der Waals surface area (Å²) in [6.07, 6.45) is 2.02. The van der Waals surface area contributed by atoms with Gasteiger partial charge in [0.05, 0.1) is 14.2 Å². The Morgan fingerprint density at radius 3 is 2.93 bits per heavy atom. The summed E-state index contributed by atoms with van der Waals surface area (Å²) in [6.45, 7) is 11.2. The van der Waals surface area contributed by atoms with Crippen LogP contribution in [0.2, 0.25) is 0 Å². The first-order chi connectivity index (χ1) is 6.63. The van der Waals surface area contributed by atoms with Gasteiger partial charge in [-0.05, 0) is 36.4 Å². The zero-order valence-electron chi connectivity index (χ0n) is 7.78. The van der Waals surface area contributed by atoms with E-state index in [0.717, 1.165) is 13.1 Å². The molecule has 14 heavy (non-hydrogen) atoms. The van der Waals surface area contributed by atoms with Crippen LogP contribution in [0.15, 0.2) is 6.20 Å². The van der Waals surface area contributed by atoms with Crippen molar-refractivity contribution >= 4 is 49.8 Å². The topological polar surface area (TPSA) is 22.2 Å².